The second-order valence-corrected chi connectivity index (χ2v) is 4.51. The molecule has 62 valence electrons. The number of sulfone groups is 1. The zero-order chi connectivity index (χ0) is 8.20. The molecule has 0 amide bonds. The molecule has 1 atom stereocenters. The van der Waals surface area contributed by atoms with Crippen LogP contribution in [0, 0.1) is 0 Å². The summed E-state index contributed by atoms with van der Waals surface area (Å²) >= 11 is 0. The van der Waals surface area contributed by atoms with Crippen LogP contribution in [0.1, 0.15) is 6.42 Å². The molecular weight excluding hydrogens is 157 g/mol. The van der Waals surface area contributed by atoms with E-state index >= 15 is 0 Å². The highest BCUT2D eigenvalue weighted by atomic mass is 32.2. The van der Waals surface area contributed by atoms with Crippen LogP contribution in [0.25, 0.3) is 0 Å². The predicted molar refractivity (Wildman–Crippen MR) is 38.3 cm³/mol. The van der Waals surface area contributed by atoms with Crippen LogP contribution >= 0.6 is 0 Å². The Kier molecular flexibility index (Phi) is 3.81. The third-order valence-corrected chi connectivity index (χ3v) is 2.03. The van der Waals surface area contributed by atoms with Gasteiger partial charge in [-0.1, -0.05) is 0 Å². The highest BCUT2D eigenvalue weighted by Gasteiger charge is 2.08. The van der Waals surface area contributed by atoms with Crippen molar-refractivity contribution < 1.29 is 12.8 Å². The standard InChI is InChI=1S/C5H12FNO2S/c1-10(8,9)3-2-5(6)4-7/h5H,2-4,7H2,1H3. The van der Waals surface area contributed by atoms with E-state index in [0.717, 1.165) is 6.26 Å². The smallest absolute Gasteiger partial charge is 0.147 e. The Labute approximate surface area is 60.3 Å². The van der Waals surface area contributed by atoms with E-state index in [4.69, 9.17) is 5.73 Å². The summed E-state index contributed by atoms with van der Waals surface area (Å²) in [6.45, 7) is -0.102. The van der Waals surface area contributed by atoms with E-state index < -0.39 is 16.0 Å². The first-order valence-corrected chi connectivity index (χ1v) is 5.03. The molecule has 0 aromatic heterocycles. The Balaban J connectivity index is 3.56. The van der Waals surface area contributed by atoms with Gasteiger partial charge in [0.15, 0.2) is 0 Å². The van der Waals surface area contributed by atoms with Gasteiger partial charge in [0.05, 0.1) is 5.75 Å². The molecule has 0 rings (SSSR count). The third-order valence-electron chi connectivity index (χ3n) is 1.06. The molecule has 0 heterocycles. The summed E-state index contributed by atoms with van der Waals surface area (Å²) in [6, 6.07) is 0. The van der Waals surface area contributed by atoms with Crippen molar-refractivity contribution in [3.05, 3.63) is 0 Å². The maximum atomic E-state index is 12.3. The van der Waals surface area contributed by atoms with Crippen LogP contribution in [0.4, 0.5) is 4.39 Å². The molecular formula is C5H12FNO2S. The molecule has 0 radical (unpaired) electrons. The summed E-state index contributed by atoms with van der Waals surface area (Å²) in [5.74, 6) is -0.120. The van der Waals surface area contributed by atoms with Crippen LogP contribution in [0.3, 0.4) is 0 Å². The van der Waals surface area contributed by atoms with Crippen molar-refractivity contribution in [3.63, 3.8) is 0 Å². The molecule has 3 nitrogen and oxygen atoms in total. The number of alkyl halides is 1. The van der Waals surface area contributed by atoms with Gasteiger partial charge in [-0.3, -0.25) is 0 Å². The van der Waals surface area contributed by atoms with E-state index in [-0.39, 0.29) is 18.7 Å². The zero-order valence-corrected chi connectivity index (χ0v) is 6.70. The zero-order valence-electron chi connectivity index (χ0n) is 5.88. The maximum Gasteiger partial charge on any atom is 0.147 e. The molecule has 0 aromatic rings. The number of nitrogens with two attached hydrogens (primary N) is 1. The highest BCUT2D eigenvalue weighted by Crippen LogP contribution is 1.97. The molecule has 1 unspecified atom stereocenters. The topological polar surface area (TPSA) is 60.2 Å². The van der Waals surface area contributed by atoms with E-state index in [1.165, 1.54) is 0 Å². The van der Waals surface area contributed by atoms with Crippen LogP contribution in [-0.4, -0.2) is 33.1 Å². The Morgan fingerprint density at radius 2 is 2.10 bits per heavy atom. The number of rotatable bonds is 4. The van der Waals surface area contributed by atoms with Crippen molar-refractivity contribution in [2.24, 2.45) is 5.73 Å². The Bertz CT molecular complexity index is 178. The van der Waals surface area contributed by atoms with E-state index in [9.17, 15) is 12.8 Å². The molecule has 0 saturated carbocycles. The summed E-state index contributed by atoms with van der Waals surface area (Å²) in [5, 5.41) is 0. The summed E-state index contributed by atoms with van der Waals surface area (Å²) in [5.41, 5.74) is 4.93. The summed E-state index contributed by atoms with van der Waals surface area (Å²) in [7, 11) is -3.02. The normalized spacial score (nSPS) is 15.1. The largest absolute Gasteiger partial charge is 0.328 e. The van der Waals surface area contributed by atoms with Gasteiger partial charge in [-0.25, -0.2) is 12.8 Å². The molecule has 0 aliphatic carbocycles. The molecule has 10 heavy (non-hydrogen) atoms. The fourth-order valence-electron chi connectivity index (χ4n) is 0.460. The number of halogens is 1. The minimum atomic E-state index is -3.02. The van der Waals surface area contributed by atoms with Gasteiger partial charge in [0.2, 0.25) is 0 Å². The second-order valence-electron chi connectivity index (χ2n) is 2.25. The molecule has 0 spiro atoms. The van der Waals surface area contributed by atoms with Gasteiger partial charge in [-0.2, -0.15) is 0 Å². The lowest BCUT2D eigenvalue weighted by Crippen LogP contribution is -2.18. The Morgan fingerprint density at radius 3 is 2.40 bits per heavy atom. The Morgan fingerprint density at radius 1 is 1.60 bits per heavy atom. The first-order chi connectivity index (χ1) is 4.45. The van der Waals surface area contributed by atoms with Gasteiger partial charge in [0.1, 0.15) is 16.0 Å². The quantitative estimate of drug-likeness (QED) is 0.629. The minimum Gasteiger partial charge on any atom is -0.328 e. The molecule has 5 heteroatoms. The molecule has 0 saturated heterocycles. The van der Waals surface area contributed by atoms with Gasteiger partial charge in [0.25, 0.3) is 0 Å². The van der Waals surface area contributed by atoms with Crippen molar-refractivity contribution in [1.29, 1.82) is 0 Å². The van der Waals surface area contributed by atoms with E-state index in [2.05, 4.69) is 0 Å². The fourth-order valence-corrected chi connectivity index (χ4v) is 1.14. The van der Waals surface area contributed by atoms with Crippen molar-refractivity contribution in [2.45, 2.75) is 12.6 Å². The first-order valence-electron chi connectivity index (χ1n) is 2.97. The van der Waals surface area contributed by atoms with Crippen molar-refractivity contribution in [1.82, 2.24) is 0 Å². The van der Waals surface area contributed by atoms with E-state index in [1.54, 1.807) is 0 Å². The molecule has 0 fully saturated rings. The van der Waals surface area contributed by atoms with Gasteiger partial charge >= 0.3 is 0 Å². The third kappa shape index (κ3) is 5.97. The summed E-state index contributed by atoms with van der Waals surface area (Å²) < 4.78 is 33.2. The first kappa shape index (κ1) is 9.84. The second kappa shape index (κ2) is 3.88. The lowest BCUT2D eigenvalue weighted by atomic mass is 10.3. The Hall–Kier alpha value is -0.160. The van der Waals surface area contributed by atoms with Crippen LogP contribution in [0.2, 0.25) is 0 Å². The molecule has 0 aliphatic rings. The van der Waals surface area contributed by atoms with Gasteiger partial charge in [0, 0.05) is 12.8 Å². The van der Waals surface area contributed by atoms with Crippen molar-refractivity contribution in [3.8, 4) is 0 Å². The minimum absolute atomic E-state index is 0.00926. The molecule has 0 aromatic carbocycles. The van der Waals surface area contributed by atoms with Gasteiger partial charge in [-0.05, 0) is 6.42 Å². The van der Waals surface area contributed by atoms with Gasteiger partial charge < -0.3 is 5.73 Å². The van der Waals surface area contributed by atoms with Crippen molar-refractivity contribution in [2.75, 3.05) is 18.6 Å². The molecule has 0 aliphatic heterocycles. The molecule has 0 bridgehead atoms. The van der Waals surface area contributed by atoms with E-state index in [0.29, 0.717) is 0 Å². The van der Waals surface area contributed by atoms with E-state index in [1.807, 2.05) is 0 Å². The fraction of sp³-hybridized carbons (Fsp3) is 1.00. The van der Waals surface area contributed by atoms with Crippen LogP contribution in [-0.2, 0) is 9.84 Å². The number of hydrogen-bond acceptors (Lipinski definition) is 3. The molecule has 2 N–H and O–H groups in total. The summed E-state index contributed by atoms with van der Waals surface area (Å²) in [4.78, 5) is 0. The maximum absolute atomic E-state index is 12.3. The van der Waals surface area contributed by atoms with Crippen LogP contribution < -0.4 is 5.73 Å². The number of hydrogen-bond donors (Lipinski definition) is 1. The van der Waals surface area contributed by atoms with Crippen molar-refractivity contribution >= 4 is 9.84 Å². The predicted octanol–water partition coefficient (Wildman–Crippen LogP) is -0.282. The average Bonchev–Trinajstić information content (AvgIpc) is 1.81. The highest BCUT2D eigenvalue weighted by molar-refractivity contribution is 7.90. The monoisotopic (exact) mass is 169 g/mol. The van der Waals surface area contributed by atoms with Crippen LogP contribution in [0.15, 0.2) is 0 Å². The average molecular weight is 169 g/mol. The SMILES string of the molecule is CS(=O)(=O)CCC(F)CN. The van der Waals surface area contributed by atoms with Crippen LogP contribution in [0.5, 0.6) is 0 Å². The lowest BCUT2D eigenvalue weighted by Gasteiger charge is -2.01. The van der Waals surface area contributed by atoms with Gasteiger partial charge in [-0.15, -0.1) is 0 Å². The summed E-state index contributed by atoms with van der Waals surface area (Å²) in [6.07, 6.45) is -0.0966. The lowest BCUT2D eigenvalue weighted by molar-refractivity contribution is 0.333.